The third kappa shape index (κ3) is 5.16. The molecule has 1 N–H and O–H groups in total. The summed E-state index contributed by atoms with van der Waals surface area (Å²) in [7, 11) is 0. The average molecular weight is 513 g/mol. The van der Waals surface area contributed by atoms with Crippen molar-refractivity contribution in [2.75, 3.05) is 11.9 Å². The molecule has 5 rings (SSSR count). The monoisotopic (exact) mass is 512 g/mol. The molecule has 1 aliphatic rings. The van der Waals surface area contributed by atoms with Gasteiger partial charge in [0, 0.05) is 15.8 Å². The summed E-state index contributed by atoms with van der Waals surface area (Å²) in [6.07, 6.45) is 4.49. The fourth-order valence-electron chi connectivity index (χ4n) is 4.91. The number of nitrogens with zero attached hydrogens (tertiary/aromatic N) is 1. The maximum absolute atomic E-state index is 13.8. The lowest BCUT2D eigenvalue weighted by molar-refractivity contribution is 0.0505. The number of amides is 1. The normalized spacial score (nSPS) is 14.8. The van der Waals surface area contributed by atoms with Crippen LogP contribution in [0.1, 0.15) is 70.3 Å². The van der Waals surface area contributed by atoms with Gasteiger partial charge in [-0.15, -0.1) is 11.3 Å². The highest BCUT2D eigenvalue weighted by molar-refractivity contribution is 7.17. The van der Waals surface area contributed by atoms with Gasteiger partial charge in [0.1, 0.15) is 5.00 Å². The number of para-hydroxylation sites is 1. The second kappa shape index (κ2) is 10.9. The van der Waals surface area contributed by atoms with E-state index in [1.165, 1.54) is 21.8 Å². The Balaban J connectivity index is 1.55. The number of esters is 1. The number of aryl methyl sites for hydroxylation is 1. The first-order chi connectivity index (χ1) is 18.0. The number of benzene rings is 2. The van der Waals surface area contributed by atoms with Crippen molar-refractivity contribution in [1.29, 1.82) is 0 Å². The SMILES string of the molecule is CCCOC(=O)c1c(NC(=O)c2cc(-c3ccc(CC)cc3)nc3ccccc23)sc2c1CC[C@H](C)C2. The molecule has 1 atom stereocenters. The summed E-state index contributed by atoms with van der Waals surface area (Å²) in [5, 5.41) is 4.46. The Kier molecular flexibility index (Phi) is 7.38. The number of aromatic nitrogens is 1. The highest BCUT2D eigenvalue weighted by Gasteiger charge is 2.29. The van der Waals surface area contributed by atoms with Crippen molar-refractivity contribution in [2.45, 2.75) is 52.9 Å². The van der Waals surface area contributed by atoms with Gasteiger partial charge in [-0.3, -0.25) is 4.79 Å². The van der Waals surface area contributed by atoms with Gasteiger partial charge in [-0.25, -0.2) is 9.78 Å². The van der Waals surface area contributed by atoms with Gasteiger partial charge in [0.05, 0.1) is 28.9 Å². The van der Waals surface area contributed by atoms with Crippen LogP contribution < -0.4 is 5.32 Å². The number of pyridine rings is 1. The van der Waals surface area contributed by atoms with Crippen molar-refractivity contribution in [3.05, 3.63) is 81.7 Å². The van der Waals surface area contributed by atoms with Crippen LogP contribution in [0.25, 0.3) is 22.2 Å². The molecule has 1 aliphatic carbocycles. The van der Waals surface area contributed by atoms with Crippen LogP contribution in [0.2, 0.25) is 0 Å². The molecular weight excluding hydrogens is 480 g/mol. The van der Waals surface area contributed by atoms with Gasteiger partial charge in [-0.1, -0.05) is 63.2 Å². The largest absolute Gasteiger partial charge is 0.462 e. The predicted octanol–water partition coefficient (Wildman–Crippen LogP) is 7.47. The van der Waals surface area contributed by atoms with Gasteiger partial charge >= 0.3 is 5.97 Å². The fourth-order valence-corrected chi connectivity index (χ4v) is 6.31. The van der Waals surface area contributed by atoms with Crippen LogP contribution in [0.4, 0.5) is 5.00 Å². The zero-order valence-electron chi connectivity index (χ0n) is 21.6. The molecule has 2 aromatic heterocycles. The van der Waals surface area contributed by atoms with Crippen LogP contribution in [0.5, 0.6) is 0 Å². The van der Waals surface area contributed by atoms with Gasteiger partial charge in [0.2, 0.25) is 0 Å². The Bertz CT molecular complexity index is 1460. The van der Waals surface area contributed by atoms with Crippen molar-refractivity contribution in [2.24, 2.45) is 5.92 Å². The van der Waals surface area contributed by atoms with E-state index in [0.717, 1.165) is 59.8 Å². The van der Waals surface area contributed by atoms with Crippen LogP contribution in [-0.2, 0) is 24.0 Å². The Morgan fingerprint density at radius 2 is 1.89 bits per heavy atom. The fraction of sp³-hybridized carbons (Fsp3) is 0.323. The first-order valence-corrected chi connectivity index (χ1v) is 13.9. The standard InChI is InChI=1S/C31H32N2O3S/c1-4-16-36-31(35)28-23-15-10-19(3)17-27(23)37-30(28)33-29(34)24-18-26(21-13-11-20(5-2)12-14-21)32-25-9-7-6-8-22(24)25/h6-9,11-14,18-19H,4-5,10,15-17H2,1-3H3,(H,33,34)/t19-/m0/s1. The molecule has 0 saturated carbocycles. The molecule has 0 radical (unpaired) electrons. The first-order valence-electron chi connectivity index (χ1n) is 13.1. The number of hydrogen-bond donors (Lipinski definition) is 1. The van der Waals surface area contributed by atoms with E-state index >= 15 is 0 Å². The molecule has 190 valence electrons. The Hall–Kier alpha value is -3.51. The summed E-state index contributed by atoms with van der Waals surface area (Å²) in [4.78, 5) is 32.9. The lowest BCUT2D eigenvalue weighted by Crippen LogP contribution is -2.17. The van der Waals surface area contributed by atoms with E-state index < -0.39 is 0 Å². The molecule has 6 heteroatoms. The van der Waals surface area contributed by atoms with Crippen molar-refractivity contribution >= 4 is 39.1 Å². The molecule has 0 unspecified atom stereocenters. The number of thiophene rings is 1. The molecule has 4 aromatic rings. The van der Waals surface area contributed by atoms with Crippen LogP contribution in [-0.4, -0.2) is 23.5 Å². The van der Waals surface area contributed by atoms with Crippen LogP contribution in [0.15, 0.2) is 54.6 Å². The average Bonchev–Trinajstić information content (AvgIpc) is 3.27. The summed E-state index contributed by atoms with van der Waals surface area (Å²) in [6, 6.07) is 17.8. The number of ether oxygens (including phenoxy) is 1. The van der Waals surface area contributed by atoms with E-state index in [1.54, 1.807) is 0 Å². The summed E-state index contributed by atoms with van der Waals surface area (Å²) < 4.78 is 5.53. The molecule has 1 amide bonds. The molecule has 0 spiro atoms. The zero-order chi connectivity index (χ0) is 25.9. The number of carbonyl (C=O) groups is 2. The zero-order valence-corrected chi connectivity index (χ0v) is 22.4. The smallest absolute Gasteiger partial charge is 0.341 e. The predicted molar refractivity (Wildman–Crippen MR) is 151 cm³/mol. The van der Waals surface area contributed by atoms with Crippen molar-refractivity contribution < 1.29 is 14.3 Å². The maximum Gasteiger partial charge on any atom is 0.341 e. The second-order valence-electron chi connectivity index (χ2n) is 9.77. The van der Waals surface area contributed by atoms with E-state index in [4.69, 9.17) is 9.72 Å². The van der Waals surface area contributed by atoms with E-state index in [9.17, 15) is 9.59 Å². The highest BCUT2D eigenvalue weighted by atomic mass is 32.1. The summed E-state index contributed by atoms with van der Waals surface area (Å²) in [6.45, 7) is 6.69. The van der Waals surface area contributed by atoms with Crippen molar-refractivity contribution in [3.63, 3.8) is 0 Å². The topological polar surface area (TPSA) is 68.3 Å². The molecule has 0 aliphatic heterocycles. The molecule has 2 aromatic carbocycles. The van der Waals surface area contributed by atoms with Crippen LogP contribution in [0, 0.1) is 5.92 Å². The van der Waals surface area contributed by atoms with Gasteiger partial charge < -0.3 is 10.1 Å². The minimum absolute atomic E-state index is 0.249. The Labute approximate surface area is 221 Å². The Morgan fingerprint density at radius 3 is 2.65 bits per heavy atom. The second-order valence-corrected chi connectivity index (χ2v) is 10.9. The summed E-state index contributed by atoms with van der Waals surface area (Å²) >= 11 is 1.51. The van der Waals surface area contributed by atoms with Gasteiger partial charge in [0.25, 0.3) is 5.91 Å². The molecular formula is C31H32N2O3S. The molecule has 2 heterocycles. The Morgan fingerprint density at radius 1 is 1.11 bits per heavy atom. The van der Waals surface area contributed by atoms with E-state index in [-0.39, 0.29) is 11.9 Å². The van der Waals surface area contributed by atoms with E-state index in [2.05, 4.69) is 31.3 Å². The molecule has 37 heavy (non-hydrogen) atoms. The number of carbonyl (C=O) groups excluding carboxylic acids is 2. The van der Waals surface area contributed by atoms with Gasteiger partial charge in [0.15, 0.2) is 0 Å². The maximum atomic E-state index is 13.8. The third-order valence-electron chi connectivity index (χ3n) is 7.00. The molecule has 0 bridgehead atoms. The number of nitrogens with one attached hydrogen (secondary N) is 1. The van der Waals surface area contributed by atoms with Crippen molar-refractivity contribution in [3.8, 4) is 11.3 Å². The van der Waals surface area contributed by atoms with E-state index in [1.807, 2.05) is 49.4 Å². The number of anilines is 1. The van der Waals surface area contributed by atoms with Crippen LogP contribution >= 0.6 is 11.3 Å². The lowest BCUT2D eigenvalue weighted by Gasteiger charge is -2.18. The third-order valence-corrected chi connectivity index (χ3v) is 8.17. The lowest BCUT2D eigenvalue weighted by atomic mass is 9.88. The number of rotatable bonds is 7. The van der Waals surface area contributed by atoms with Crippen molar-refractivity contribution in [1.82, 2.24) is 4.98 Å². The van der Waals surface area contributed by atoms with Crippen LogP contribution in [0.3, 0.4) is 0 Å². The number of hydrogen-bond acceptors (Lipinski definition) is 5. The molecule has 0 fully saturated rings. The van der Waals surface area contributed by atoms with E-state index in [0.29, 0.717) is 28.7 Å². The molecule has 0 saturated heterocycles. The minimum atomic E-state index is -0.347. The highest BCUT2D eigenvalue weighted by Crippen LogP contribution is 2.40. The summed E-state index contributed by atoms with van der Waals surface area (Å²) in [5.74, 6) is -0.0401. The summed E-state index contributed by atoms with van der Waals surface area (Å²) in [5.41, 5.74) is 5.81. The van der Waals surface area contributed by atoms with Gasteiger partial charge in [-0.2, -0.15) is 0 Å². The quantitative estimate of drug-likeness (QED) is 0.261. The minimum Gasteiger partial charge on any atom is -0.462 e. The molecule has 5 nitrogen and oxygen atoms in total. The van der Waals surface area contributed by atoms with Gasteiger partial charge in [-0.05, 0) is 61.3 Å². The first kappa shape index (κ1) is 25.2. The number of fused-ring (bicyclic) bond motifs is 2.